The van der Waals surface area contributed by atoms with Crippen LogP contribution in [0.3, 0.4) is 0 Å². The van der Waals surface area contributed by atoms with Crippen LogP contribution in [0.2, 0.25) is 0 Å². The van der Waals surface area contributed by atoms with E-state index in [2.05, 4.69) is 4.18 Å². The molecule has 0 aromatic heterocycles. The average Bonchev–Trinajstić information content (AvgIpc) is 2.65. The van der Waals surface area contributed by atoms with Crippen LogP contribution in [0.5, 0.6) is 0 Å². The van der Waals surface area contributed by atoms with E-state index in [0.717, 1.165) is 12.8 Å². The SMILES string of the molecule is O=S(=O)(OC(CF)C1CCCC1)C(F)(F)F. The number of rotatable bonds is 4. The molecule has 0 aromatic carbocycles. The van der Waals surface area contributed by atoms with Crippen molar-refractivity contribution in [2.75, 3.05) is 6.67 Å². The first-order valence-electron chi connectivity index (χ1n) is 4.83. The molecule has 0 radical (unpaired) electrons. The Balaban J connectivity index is 2.70. The third kappa shape index (κ3) is 3.07. The zero-order valence-electron chi connectivity index (χ0n) is 8.34. The van der Waals surface area contributed by atoms with E-state index < -0.39 is 34.3 Å². The van der Waals surface area contributed by atoms with Gasteiger partial charge in [0.05, 0.1) is 0 Å². The second kappa shape index (κ2) is 4.87. The molecule has 1 aliphatic rings. The molecule has 1 rings (SSSR count). The van der Waals surface area contributed by atoms with E-state index in [9.17, 15) is 26.0 Å². The molecule has 1 atom stereocenters. The van der Waals surface area contributed by atoms with Crippen molar-refractivity contribution in [1.29, 1.82) is 0 Å². The molecular weight excluding hydrogens is 252 g/mol. The van der Waals surface area contributed by atoms with Crippen molar-refractivity contribution in [1.82, 2.24) is 0 Å². The zero-order valence-corrected chi connectivity index (χ0v) is 9.15. The van der Waals surface area contributed by atoms with E-state index >= 15 is 0 Å². The standard InChI is InChI=1S/C8H12F4O3S/c9-5-7(6-3-1-2-4-6)15-16(13,14)8(10,11)12/h6-7H,1-5H2. The molecular formula is C8H12F4O3S. The Hall–Kier alpha value is -0.370. The lowest BCUT2D eigenvalue weighted by Crippen LogP contribution is -2.34. The highest BCUT2D eigenvalue weighted by Crippen LogP contribution is 2.33. The lowest BCUT2D eigenvalue weighted by atomic mass is 10.0. The van der Waals surface area contributed by atoms with Crippen LogP contribution in [-0.2, 0) is 14.3 Å². The summed E-state index contributed by atoms with van der Waals surface area (Å²) in [4.78, 5) is 0. The van der Waals surface area contributed by atoms with Crippen molar-refractivity contribution < 1.29 is 30.2 Å². The molecule has 0 saturated heterocycles. The normalized spacial score (nSPS) is 21.2. The van der Waals surface area contributed by atoms with Crippen LogP contribution in [0, 0.1) is 5.92 Å². The van der Waals surface area contributed by atoms with Crippen molar-refractivity contribution in [2.24, 2.45) is 5.92 Å². The molecule has 1 unspecified atom stereocenters. The van der Waals surface area contributed by atoms with Crippen LogP contribution in [0.1, 0.15) is 25.7 Å². The molecule has 16 heavy (non-hydrogen) atoms. The summed E-state index contributed by atoms with van der Waals surface area (Å²) in [5.74, 6) is -0.442. The maximum absolute atomic E-state index is 12.5. The molecule has 1 fully saturated rings. The van der Waals surface area contributed by atoms with Gasteiger partial charge in [-0.2, -0.15) is 21.6 Å². The van der Waals surface area contributed by atoms with E-state index in [0.29, 0.717) is 12.8 Å². The lowest BCUT2D eigenvalue weighted by Gasteiger charge is -2.20. The zero-order chi connectivity index (χ0) is 12.4. The van der Waals surface area contributed by atoms with Crippen molar-refractivity contribution >= 4 is 10.1 Å². The molecule has 8 heteroatoms. The minimum Gasteiger partial charge on any atom is -0.257 e. The Labute approximate surface area is 90.9 Å². The first-order chi connectivity index (χ1) is 7.28. The van der Waals surface area contributed by atoms with Gasteiger partial charge in [0.2, 0.25) is 0 Å². The fourth-order valence-corrected chi connectivity index (χ4v) is 2.42. The highest BCUT2D eigenvalue weighted by molar-refractivity contribution is 7.87. The Bertz CT molecular complexity index is 319. The average molecular weight is 264 g/mol. The largest absolute Gasteiger partial charge is 0.523 e. The number of hydrogen-bond donors (Lipinski definition) is 0. The Morgan fingerprint density at radius 1 is 1.25 bits per heavy atom. The van der Waals surface area contributed by atoms with Gasteiger partial charge in [0.1, 0.15) is 12.8 Å². The van der Waals surface area contributed by atoms with E-state index in [4.69, 9.17) is 0 Å². The van der Waals surface area contributed by atoms with E-state index in [1.54, 1.807) is 0 Å². The van der Waals surface area contributed by atoms with Gasteiger partial charge in [-0.15, -0.1) is 0 Å². The summed E-state index contributed by atoms with van der Waals surface area (Å²) in [5, 5.41) is 0. The summed E-state index contributed by atoms with van der Waals surface area (Å²) in [6.45, 7) is -1.22. The van der Waals surface area contributed by atoms with Gasteiger partial charge in [-0.05, 0) is 18.8 Å². The highest BCUT2D eigenvalue weighted by Gasteiger charge is 2.49. The Morgan fingerprint density at radius 3 is 2.12 bits per heavy atom. The van der Waals surface area contributed by atoms with Gasteiger partial charge < -0.3 is 0 Å². The summed E-state index contributed by atoms with van der Waals surface area (Å²) in [6.07, 6.45) is 1.02. The number of hydrogen-bond acceptors (Lipinski definition) is 3. The fraction of sp³-hybridized carbons (Fsp3) is 1.00. The maximum atomic E-state index is 12.5. The molecule has 0 aromatic rings. The summed E-state index contributed by atoms with van der Waals surface area (Å²) in [5.41, 5.74) is -5.49. The van der Waals surface area contributed by atoms with Crippen LogP contribution in [0.15, 0.2) is 0 Å². The van der Waals surface area contributed by atoms with Crippen molar-refractivity contribution in [3.8, 4) is 0 Å². The van der Waals surface area contributed by atoms with Gasteiger partial charge in [0.15, 0.2) is 0 Å². The van der Waals surface area contributed by atoms with Crippen LogP contribution in [0.4, 0.5) is 17.6 Å². The van der Waals surface area contributed by atoms with Crippen molar-refractivity contribution in [3.63, 3.8) is 0 Å². The van der Waals surface area contributed by atoms with Crippen LogP contribution >= 0.6 is 0 Å². The van der Waals surface area contributed by atoms with Gasteiger partial charge in [-0.3, -0.25) is 4.18 Å². The second-order valence-electron chi connectivity index (χ2n) is 3.73. The summed E-state index contributed by atoms with van der Waals surface area (Å²) >= 11 is 0. The molecule has 0 amide bonds. The minimum absolute atomic E-state index is 0.442. The fourth-order valence-electron chi connectivity index (χ4n) is 1.78. The predicted molar refractivity (Wildman–Crippen MR) is 47.8 cm³/mol. The van der Waals surface area contributed by atoms with Gasteiger partial charge in [0.25, 0.3) is 0 Å². The molecule has 1 aliphatic carbocycles. The molecule has 0 heterocycles. The smallest absolute Gasteiger partial charge is 0.257 e. The molecule has 3 nitrogen and oxygen atoms in total. The van der Waals surface area contributed by atoms with Crippen LogP contribution in [-0.4, -0.2) is 26.7 Å². The maximum Gasteiger partial charge on any atom is 0.523 e. The minimum atomic E-state index is -5.69. The first kappa shape index (κ1) is 13.7. The van der Waals surface area contributed by atoms with E-state index in [1.807, 2.05) is 0 Å². The summed E-state index contributed by atoms with van der Waals surface area (Å²) in [7, 11) is -5.69. The molecule has 0 N–H and O–H groups in total. The third-order valence-corrected chi connectivity index (χ3v) is 3.68. The van der Waals surface area contributed by atoms with Gasteiger partial charge >= 0.3 is 15.6 Å². The second-order valence-corrected chi connectivity index (χ2v) is 5.30. The summed E-state index contributed by atoms with van der Waals surface area (Å²) in [6, 6.07) is 0. The number of alkyl halides is 4. The molecule has 1 saturated carbocycles. The predicted octanol–water partition coefficient (Wildman–Crippen LogP) is 2.38. The lowest BCUT2D eigenvalue weighted by molar-refractivity contribution is -0.0603. The third-order valence-electron chi connectivity index (χ3n) is 2.61. The molecule has 0 bridgehead atoms. The first-order valence-corrected chi connectivity index (χ1v) is 6.24. The topological polar surface area (TPSA) is 43.4 Å². The molecule has 0 spiro atoms. The van der Waals surface area contributed by atoms with Crippen LogP contribution in [0.25, 0.3) is 0 Å². The van der Waals surface area contributed by atoms with E-state index in [1.165, 1.54) is 0 Å². The van der Waals surface area contributed by atoms with Crippen molar-refractivity contribution in [3.05, 3.63) is 0 Å². The van der Waals surface area contributed by atoms with Crippen LogP contribution < -0.4 is 0 Å². The quantitative estimate of drug-likeness (QED) is 0.445. The monoisotopic (exact) mass is 264 g/mol. The Kier molecular flexibility index (Phi) is 4.17. The summed E-state index contributed by atoms with van der Waals surface area (Å²) < 4.78 is 73.7. The van der Waals surface area contributed by atoms with Gasteiger partial charge in [-0.1, -0.05) is 12.8 Å². The molecule has 96 valence electrons. The molecule has 0 aliphatic heterocycles. The van der Waals surface area contributed by atoms with E-state index in [-0.39, 0.29) is 0 Å². The number of halogens is 4. The highest BCUT2D eigenvalue weighted by atomic mass is 32.2. The van der Waals surface area contributed by atoms with Crippen molar-refractivity contribution in [2.45, 2.75) is 37.3 Å². The van der Waals surface area contributed by atoms with Gasteiger partial charge in [-0.25, -0.2) is 4.39 Å². The van der Waals surface area contributed by atoms with Gasteiger partial charge in [0, 0.05) is 0 Å². The Morgan fingerprint density at radius 2 is 1.75 bits per heavy atom.